The second kappa shape index (κ2) is 11.5. The average molecular weight is 563 g/mol. The molecule has 2 heterocycles. The van der Waals surface area contributed by atoms with Crippen LogP contribution in [-0.4, -0.2) is 47.3 Å². The fourth-order valence-electron chi connectivity index (χ4n) is 5.09. The lowest BCUT2D eigenvalue weighted by Gasteiger charge is -2.33. The number of carbonyl (C=O) groups excluding carboxylic acids is 3. The van der Waals surface area contributed by atoms with Crippen LogP contribution in [0.3, 0.4) is 0 Å². The molecule has 0 saturated carbocycles. The Morgan fingerprint density at radius 3 is 2.51 bits per heavy atom. The molecule has 7 nitrogen and oxygen atoms in total. The van der Waals surface area contributed by atoms with Crippen LogP contribution in [0.1, 0.15) is 36.1 Å². The van der Waals surface area contributed by atoms with Gasteiger partial charge in [0.2, 0.25) is 5.91 Å². The molecule has 0 aromatic heterocycles. The number of hydrogen-bond acceptors (Lipinski definition) is 3. The van der Waals surface area contributed by atoms with E-state index in [1.165, 1.54) is 0 Å². The Morgan fingerprint density at radius 2 is 1.77 bits per heavy atom. The van der Waals surface area contributed by atoms with E-state index in [1.54, 1.807) is 28.0 Å². The van der Waals surface area contributed by atoms with Crippen LogP contribution < -0.4 is 10.6 Å². The molecule has 3 aromatic carbocycles. The van der Waals surface area contributed by atoms with Gasteiger partial charge < -0.3 is 15.5 Å². The molecule has 0 bridgehead atoms. The van der Waals surface area contributed by atoms with Crippen LogP contribution in [-0.2, 0) is 16.0 Å². The largest absolute Gasteiger partial charge is 0.332 e. The van der Waals surface area contributed by atoms with Gasteiger partial charge in [-0.2, -0.15) is 0 Å². The number of rotatable bonds is 8. The highest BCUT2D eigenvalue weighted by Crippen LogP contribution is 2.39. The van der Waals surface area contributed by atoms with Crippen molar-refractivity contribution in [1.29, 1.82) is 0 Å². The molecular formula is C30H28Cl2N4O3. The summed E-state index contributed by atoms with van der Waals surface area (Å²) < 4.78 is 0. The van der Waals surface area contributed by atoms with Gasteiger partial charge in [-0.25, -0.2) is 4.79 Å². The van der Waals surface area contributed by atoms with Crippen LogP contribution in [0.5, 0.6) is 0 Å². The average Bonchev–Trinajstić information content (AvgIpc) is 3.25. The lowest BCUT2D eigenvalue weighted by Crippen LogP contribution is -2.47. The first-order valence-corrected chi connectivity index (χ1v) is 13.6. The highest BCUT2D eigenvalue weighted by Gasteiger charge is 2.44. The van der Waals surface area contributed by atoms with E-state index in [0.717, 1.165) is 16.8 Å². The van der Waals surface area contributed by atoms with Crippen LogP contribution in [0.4, 0.5) is 10.5 Å². The van der Waals surface area contributed by atoms with E-state index in [2.05, 4.69) is 22.8 Å². The first-order valence-electron chi connectivity index (χ1n) is 12.8. The highest BCUT2D eigenvalue weighted by atomic mass is 35.5. The maximum absolute atomic E-state index is 13.6. The van der Waals surface area contributed by atoms with Crippen molar-refractivity contribution < 1.29 is 14.4 Å². The summed E-state index contributed by atoms with van der Waals surface area (Å²) in [5.74, 6) is -0.413. The number of carbonyl (C=O) groups is 3. The van der Waals surface area contributed by atoms with E-state index in [9.17, 15) is 14.4 Å². The van der Waals surface area contributed by atoms with Gasteiger partial charge in [0, 0.05) is 35.2 Å². The Bertz CT molecular complexity index is 1460. The van der Waals surface area contributed by atoms with Gasteiger partial charge in [0.05, 0.1) is 23.9 Å². The molecule has 1 atom stereocenters. The summed E-state index contributed by atoms with van der Waals surface area (Å²) in [7, 11) is 0. The molecule has 2 aliphatic rings. The number of benzene rings is 3. The molecule has 4 amide bonds. The van der Waals surface area contributed by atoms with E-state index >= 15 is 0 Å². The molecule has 0 radical (unpaired) electrons. The second-order valence-electron chi connectivity index (χ2n) is 9.50. The molecule has 9 heteroatoms. The highest BCUT2D eigenvalue weighted by molar-refractivity contribution is 6.35. The fourth-order valence-corrected chi connectivity index (χ4v) is 5.61. The molecule has 2 aliphatic heterocycles. The summed E-state index contributed by atoms with van der Waals surface area (Å²) in [5.41, 5.74) is 4.61. The lowest BCUT2D eigenvalue weighted by molar-refractivity contribution is -0.126. The Morgan fingerprint density at radius 1 is 1.03 bits per heavy atom. The second-order valence-corrected chi connectivity index (χ2v) is 10.3. The van der Waals surface area contributed by atoms with Crippen molar-refractivity contribution in [3.8, 4) is 0 Å². The third kappa shape index (κ3) is 5.65. The van der Waals surface area contributed by atoms with Crippen molar-refractivity contribution in [2.75, 3.05) is 25.0 Å². The number of likely N-dealkylation sites (N-methyl/N-ethyl adjacent to an activating group) is 1. The number of amides is 4. The molecule has 0 fully saturated rings. The van der Waals surface area contributed by atoms with Crippen LogP contribution in [0.15, 0.2) is 84.1 Å². The Kier molecular flexibility index (Phi) is 7.91. The zero-order chi connectivity index (χ0) is 27.5. The van der Waals surface area contributed by atoms with Gasteiger partial charge in [0.1, 0.15) is 0 Å². The van der Waals surface area contributed by atoms with Crippen LogP contribution in [0.2, 0.25) is 10.0 Å². The fraction of sp³-hybridized carbons (Fsp3) is 0.233. The van der Waals surface area contributed by atoms with Gasteiger partial charge in [0.15, 0.2) is 0 Å². The van der Waals surface area contributed by atoms with Crippen LogP contribution in [0.25, 0.3) is 0 Å². The van der Waals surface area contributed by atoms with E-state index < -0.39 is 6.04 Å². The monoisotopic (exact) mass is 562 g/mol. The number of urea groups is 1. The third-order valence-corrected chi connectivity index (χ3v) is 7.59. The summed E-state index contributed by atoms with van der Waals surface area (Å²) in [6.07, 6.45) is 0.812. The Balaban J connectivity index is 1.29. The standard InChI is InChI=1S/C30H28Cl2N4O3/c1-2-36-25-18-35(29(38)27(25)28(34-30(36)39)22-13-12-21(31)17-23(22)32)15-14-26(37)33-24-11-7-6-10-20(24)16-19-8-4-3-5-9-19/h3-13,17,28H,2,14-16,18H2,1H3,(H,33,37)(H,34,39). The van der Waals surface area contributed by atoms with E-state index in [1.807, 2.05) is 49.4 Å². The van der Waals surface area contributed by atoms with E-state index in [4.69, 9.17) is 23.2 Å². The summed E-state index contributed by atoms with van der Waals surface area (Å²) in [6, 6.07) is 21.8. The molecule has 1 unspecified atom stereocenters. The quantitative estimate of drug-likeness (QED) is 0.364. The van der Waals surface area contributed by atoms with Crippen LogP contribution in [0, 0.1) is 0 Å². The van der Waals surface area contributed by atoms with Crippen molar-refractivity contribution in [2.24, 2.45) is 0 Å². The van der Waals surface area contributed by atoms with Crippen molar-refractivity contribution in [3.63, 3.8) is 0 Å². The van der Waals surface area contributed by atoms with Gasteiger partial charge in [-0.3, -0.25) is 14.5 Å². The zero-order valence-electron chi connectivity index (χ0n) is 21.4. The van der Waals surface area contributed by atoms with Gasteiger partial charge in [-0.05, 0) is 48.2 Å². The Hall–Kier alpha value is -3.81. The summed E-state index contributed by atoms with van der Waals surface area (Å²) >= 11 is 12.5. The first-order chi connectivity index (χ1) is 18.9. The number of para-hydroxylation sites is 1. The summed E-state index contributed by atoms with van der Waals surface area (Å²) in [5, 5.41) is 6.75. The maximum atomic E-state index is 13.6. The zero-order valence-corrected chi connectivity index (χ0v) is 22.9. The minimum Gasteiger partial charge on any atom is -0.332 e. The van der Waals surface area contributed by atoms with Crippen molar-refractivity contribution in [2.45, 2.75) is 25.8 Å². The molecule has 0 spiro atoms. The predicted molar refractivity (Wildman–Crippen MR) is 153 cm³/mol. The Labute approximate surface area is 237 Å². The van der Waals surface area contributed by atoms with E-state index in [-0.39, 0.29) is 37.4 Å². The third-order valence-electron chi connectivity index (χ3n) is 7.02. The molecule has 3 aromatic rings. The normalized spacial score (nSPS) is 16.8. The van der Waals surface area contributed by atoms with Gasteiger partial charge in [-0.1, -0.05) is 77.8 Å². The summed E-state index contributed by atoms with van der Waals surface area (Å²) in [4.78, 5) is 42.6. The number of anilines is 1. The smallest absolute Gasteiger partial charge is 0.322 e. The van der Waals surface area contributed by atoms with Gasteiger partial charge >= 0.3 is 6.03 Å². The minimum atomic E-state index is -0.698. The number of nitrogens with zero attached hydrogens (tertiary/aromatic N) is 2. The molecule has 39 heavy (non-hydrogen) atoms. The van der Waals surface area contributed by atoms with Crippen molar-refractivity contribution in [3.05, 3.63) is 111 Å². The maximum Gasteiger partial charge on any atom is 0.322 e. The number of nitrogens with one attached hydrogen (secondary N) is 2. The first kappa shape index (κ1) is 26.8. The van der Waals surface area contributed by atoms with E-state index in [0.29, 0.717) is 39.8 Å². The molecule has 2 N–H and O–H groups in total. The van der Waals surface area contributed by atoms with Crippen LogP contribution >= 0.6 is 23.2 Å². The SMILES string of the molecule is CCN1C(=O)NC(c2ccc(Cl)cc2Cl)C2=C1CN(CCC(=O)Nc1ccccc1Cc1ccccc1)C2=O. The predicted octanol–water partition coefficient (Wildman–Crippen LogP) is 5.80. The van der Waals surface area contributed by atoms with Crippen molar-refractivity contribution >= 4 is 46.7 Å². The molecule has 0 aliphatic carbocycles. The molecular weight excluding hydrogens is 535 g/mol. The summed E-state index contributed by atoms with van der Waals surface area (Å²) in [6.45, 7) is 2.72. The van der Waals surface area contributed by atoms with Gasteiger partial charge in [-0.15, -0.1) is 0 Å². The molecule has 5 rings (SSSR count). The minimum absolute atomic E-state index is 0.117. The molecule has 200 valence electrons. The topological polar surface area (TPSA) is 81.8 Å². The number of halogens is 2. The number of hydrogen-bond donors (Lipinski definition) is 2. The van der Waals surface area contributed by atoms with Crippen molar-refractivity contribution in [1.82, 2.24) is 15.1 Å². The molecule has 0 saturated heterocycles. The van der Waals surface area contributed by atoms with Gasteiger partial charge in [0.25, 0.3) is 5.91 Å². The lowest BCUT2D eigenvalue weighted by atomic mass is 9.95.